The van der Waals surface area contributed by atoms with Crippen molar-refractivity contribution in [3.05, 3.63) is 34.5 Å². The van der Waals surface area contributed by atoms with Crippen LogP contribution in [0.1, 0.15) is 22.4 Å². The molecule has 0 aliphatic heterocycles. The van der Waals surface area contributed by atoms with Crippen molar-refractivity contribution in [1.82, 2.24) is 14.9 Å². The fourth-order valence-corrected chi connectivity index (χ4v) is 5.91. The molecule has 1 aliphatic carbocycles. The highest BCUT2D eigenvalue weighted by Gasteiger charge is 2.32. The number of thiophene rings is 1. The van der Waals surface area contributed by atoms with Gasteiger partial charge in [0.25, 0.3) is 0 Å². The second-order valence-corrected chi connectivity index (χ2v) is 9.61. The third kappa shape index (κ3) is 5.24. The topological polar surface area (TPSA) is 150 Å². The van der Waals surface area contributed by atoms with Crippen LogP contribution in [0.25, 0.3) is 10.2 Å². The van der Waals surface area contributed by atoms with E-state index in [0.717, 1.165) is 29.5 Å². The number of aryl methyl sites for hydroxylation is 1. The number of rotatable bonds is 11. The predicted molar refractivity (Wildman–Crippen MR) is 138 cm³/mol. The van der Waals surface area contributed by atoms with Crippen LogP contribution >= 0.6 is 11.3 Å². The number of nitrogens with zero attached hydrogens (tertiary/aromatic N) is 3. The highest BCUT2D eigenvalue weighted by Crippen LogP contribution is 2.42. The second kappa shape index (κ2) is 11.3. The maximum Gasteiger partial charge on any atom is 0.144 e. The van der Waals surface area contributed by atoms with E-state index in [0.29, 0.717) is 48.2 Å². The molecule has 2 unspecified atom stereocenters. The molecule has 1 aromatic carbocycles. The number of nitrogens with two attached hydrogens (primary N) is 1. The normalized spacial score (nSPS) is 16.3. The first-order valence-electron chi connectivity index (χ1n) is 11.5. The van der Waals surface area contributed by atoms with Crippen LogP contribution in [0.5, 0.6) is 5.75 Å². The first-order chi connectivity index (χ1) is 17.0. The van der Waals surface area contributed by atoms with Crippen LogP contribution in [0.15, 0.2) is 18.5 Å². The number of aromatic nitrogens is 2. The summed E-state index contributed by atoms with van der Waals surface area (Å²) in [5, 5.41) is 32.5. The third-order valence-corrected chi connectivity index (χ3v) is 7.63. The highest BCUT2D eigenvalue weighted by molar-refractivity contribution is 7.19. The molecule has 1 aliphatic rings. The van der Waals surface area contributed by atoms with Crippen LogP contribution in [0.3, 0.4) is 0 Å². The van der Waals surface area contributed by atoms with Crippen molar-refractivity contribution in [2.24, 2.45) is 5.92 Å². The number of hydrogen-bond donors (Lipinski definition) is 5. The first-order valence-corrected chi connectivity index (χ1v) is 12.3. The molecule has 0 saturated carbocycles. The van der Waals surface area contributed by atoms with Crippen molar-refractivity contribution in [1.29, 1.82) is 5.41 Å². The third-order valence-electron chi connectivity index (χ3n) is 6.46. The van der Waals surface area contributed by atoms with E-state index in [1.807, 2.05) is 4.90 Å². The van der Waals surface area contributed by atoms with Crippen molar-refractivity contribution in [3.8, 4) is 5.75 Å². The molecule has 0 fully saturated rings. The highest BCUT2D eigenvalue weighted by atomic mass is 32.1. The average Bonchev–Trinajstić information content (AvgIpc) is 3.25. The van der Waals surface area contributed by atoms with E-state index in [9.17, 15) is 10.2 Å². The summed E-state index contributed by atoms with van der Waals surface area (Å²) in [6, 6.07) is 3.47. The molecule has 3 aromatic rings. The Morgan fingerprint density at radius 1 is 1.34 bits per heavy atom. The number of ether oxygens (including phenoxy) is 2. The molecule has 2 heterocycles. The number of aliphatic hydroxyl groups is 2. The Morgan fingerprint density at radius 3 is 2.89 bits per heavy atom. The van der Waals surface area contributed by atoms with Gasteiger partial charge in [0.15, 0.2) is 0 Å². The van der Waals surface area contributed by atoms with Crippen molar-refractivity contribution >= 4 is 45.0 Å². The first kappa shape index (κ1) is 25.3. The van der Waals surface area contributed by atoms with Gasteiger partial charge in [0.05, 0.1) is 31.4 Å². The van der Waals surface area contributed by atoms with Gasteiger partial charge in [-0.05, 0) is 30.9 Å². The number of fused-ring (bicyclic) bond motifs is 3. The zero-order valence-corrected chi connectivity index (χ0v) is 20.8. The van der Waals surface area contributed by atoms with Gasteiger partial charge >= 0.3 is 0 Å². The summed E-state index contributed by atoms with van der Waals surface area (Å²) >= 11 is 1.63. The lowest BCUT2D eigenvalue weighted by Gasteiger charge is -2.34. The number of benzene rings is 1. The summed E-state index contributed by atoms with van der Waals surface area (Å²) in [7, 11) is 3.20. The Bertz CT molecular complexity index is 1190. The number of nitrogens with one attached hydrogen (secondary N) is 2. The molecular formula is C24H32N6O4S. The Labute approximate surface area is 208 Å². The molecule has 0 radical (unpaired) electrons. The monoisotopic (exact) mass is 500 g/mol. The molecule has 0 amide bonds. The van der Waals surface area contributed by atoms with Crippen molar-refractivity contribution in [2.75, 3.05) is 51.6 Å². The predicted octanol–water partition coefficient (Wildman–Crippen LogP) is 2.39. The molecule has 11 heteroatoms. The number of nitrogen functional groups attached to an aromatic ring is 1. The van der Waals surface area contributed by atoms with Gasteiger partial charge in [0.2, 0.25) is 0 Å². The fraction of sp³-hybridized carbons (Fsp3) is 0.458. The summed E-state index contributed by atoms with van der Waals surface area (Å²) in [6.45, 7) is 1.45. The van der Waals surface area contributed by atoms with E-state index in [1.54, 1.807) is 37.7 Å². The Kier molecular flexibility index (Phi) is 8.14. The molecule has 2 atom stereocenters. The lowest BCUT2D eigenvalue weighted by molar-refractivity contribution is -0.0580. The number of hydrogen-bond acceptors (Lipinski definition) is 11. The Hall–Kier alpha value is -2.83. The summed E-state index contributed by atoms with van der Waals surface area (Å²) < 4.78 is 10.7. The number of aliphatic hydroxyl groups excluding tert-OH is 2. The second-order valence-electron chi connectivity index (χ2n) is 8.53. The quantitative estimate of drug-likeness (QED) is 0.152. The maximum atomic E-state index is 11.1. The SMILES string of the molecule is COCCN(CCO)C(O)C1CCc2c(sc3ncnc(Nc4cc(C=N)c(N)cc4OC)c23)C1. The molecule has 2 aromatic heterocycles. The van der Waals surface area contributed by atoms with Crippen LogP contribution in [0.4, 0.5) is 17.2 Å². The molecule has 4 rings (SSSR count). The van der Waals surface area contributed by atoms with Crippen molar-refractivity contribution in [2.45, 2.75) is 25.5 Å². The summed E-state index contributed by atoms with van der Waals surface area (Å²) in [4.78, 5) is 13.0. The van der Waals surface area contributed by atoms with E-state index in [4.69, 9.17) is 20.6 Å². The van der Waals surface area contributed by atoms with E-state index in [1.165, 1.54) is 23.0 Å². The smallest absolute Gasteiger partial charge is 0.144 e. The van der Waals surface area contributed by atoms with Gasteiger partial charge in [-0.15, -0.1) is 11.3 Å². The molecule has 35 heavy (non-hydrogen) atoms. The molecule has 188 valence electrons. The van der Waals surface area contributed by atoms with Crippen molar-refractivity contribution in [3.63, 3.8) is 0 Å². The van der Waals surface area contributed by atoms with Gasteiger partial charge in [-0.3, -0.25) is 4.90 Å². The minimum atomic E-state index is -0.655. The molecular weight excluding hydrogens is 468 g/mol. The average molecular weight is 501 g/mol. The van der Waals surface area contributed by atoms with E-state index in [-0.39, 0.29) is 12.5 Å². The van der Waals surface area contributed by atoms with Gasteiger partial charge in [-0.2, -0.15) is 0 Å². The van der Waals surface area contributed by atoms with E-state index >= 15 is 0 Å². The van der Waals surface area contributed by atoms with E-state index in [2.05, 4.69) is 15.3 Å². The molecule has 6 N–H and O–H groups in total. The van der Waals surface area contributed by atoms with Gasteiger partial charge in [-0.1, -0.05) is 0 Å². The Morgan fingerprint density at radius 2 is 2.17 bits per heavy atom. The van der Waals surface area contributed by atoms with Gasteiger partial charge in [0, 0.05) is 54.5 Å². The Balaban J connectivity index is 1.63. The fourth-order valence-electron chi connectivity index (χ4n) is 4.63. The minimum Gasteiger partial charge on any atom is -0.494 e. The van der Waals surface area contributed by atoms with Crippen LogP contribution in [-0.4, -0.2) is 78.0 Å². The van der Waals surface area contributed by atoms with Gasteiger partial charge in [0.1, 0.15) is 29.0 Å². The maximum absolute atomic E-state index is 11.1. The lowest BCUT2D eigenvalue weighted by atomic mass is 9.86. The largest absolute Gasteiger partial charge is 0.494 e. The summed E-state index contributed by atoms with van der Waals surface area (Å²) in [6.07, 6.45) is 4.43. The minimum absolute atomic E-state index is 0.0134. The zero-order chi connectivity index (χ0) is 24.9. The van der Waals surface area contributed by atoms with Crippen LogP contribution in [0, 0.1) is 11.3 Å². The molecule has 0 bridgehead atoms. The standard InChI is InChI=1S/C24H32N6O4S/c1-33-8-6-30(5-7-31)24(32)14-3-4-16-20(10-14)35-23-21(16)22(27-13-28-23)29-18-9-15(12-25)17(26)11-19(18)34-2/h9,11-14,24-25,31-32H,3-8,10,26H2,1-2H3,(H,27,28,29). The van der Waals surface area contributed by atoms with Crippen LogP contribution < -0.4 is 15.8 Å². The molecule has 0 spiro atoms. The number of methoxy groups -OCH3 is 2. The molecule has 0 saturated heterocycles. The summed E-state index contributed by atoms with van der Waals surface area (Å²) in [5.74, 6) is 1.29. The molecule has 10 nitrogen and oxygen atoms in total. The van der Waals surface area contributed by atoms with Gasteiger partial charge in [-0.25, -0.2) is 9.97 Å². The number of anilines is 3. The summed E-state index contributed by atoms with van der Waals surface area (Å²) in [5.41, 5.74) is 8.93. The van der Waals surface area contributed by atoms with Crippen molar-refractivity contribution < 1.29 is 19.7 Å². The van der Waals surface area contributed by atoms with Crippen LogP contribution in [-0.2, 0) is 17.6 Å². The van der Waals surface area contributed by atoms with Gasteiger partial charge < -0.3 is 36.1 Å². The van der Waals surface area contributed by atoms with Crippen LogP contribution in [0.2, 0.25) is 0 Å². The van der Waals surface area contributed by atoms with E-state index < -0.39 is 6.23 Å². The zero-order valence-electron chi connectivity index (χ0n) is 20.0. The lowest BCUT2D eigenvalue weighted by Crippen LogP contribution is -2.45.